The van der Waals surface area contributed by atoms with Crippen molar-refractivity contribution < 1.29 is 45.4 Å². The lowest BCUT2D eigenvalue weighted by molar-refractivity contribution is -0.439. The summed E-state index contributed by atoms with van der Waals surface area (Å²) in [6.07, 6.45) is -13.5. The number of rotatable bonds is 2. The standard InChI is InChI=1S/C7H3F6NO4/c8-6(9,10)5(7(11,12)13)17-3(1-14-2-15)4(16)18-5/h3H,1H2/t3-/m1/s1. The third kappa shape index (κ3) is 2.18. The average molecular weight is 279 g/mol. The van der Waals surface area contributed by atoms with Gasteiger partial charge in [-0.3, -0.25) is 0 Å². The van der Waals surface area contributed by atoms with E-state index in [4.69, 9.17) is 0 Å². The van der Waals surface area contributed by atoms with Crippen LogP contribution in [0.25, 0.3) is 0 Å². The molecule has 18 heavy (non-hydrogen) atoms. The van der Waals surface area contributed by atoms with Crippen molar-refractivity contribution >= 4 is 12.0 Å². The third-order valence-corrected chi connectivity index (χ3v) is 1.88. The second-order valence-corrected chi connectivity index (χ2v) is 3.07. The summed E-state index contributed by atoms with van der Waals surface area (Å²) in [7, 11) is 0. The van der Waals surface area contributed by atoms with Crippen LogP contribution in [0.5, 0.6) is 0 Å². The van der Waals surface area contributed by atoms with Crippen LogP contribution in [0.1, 0.15) is 0 Å². The molecule has 1 rings (SSSR count). The number of carbonyl (C=O) groups excluding carboxylic acids is 2. The molecule has 1 atom stereocenters. The van der Waals surface area contributed by atoms with Crippen molar-refractivity contribution in [2.45, 2.75) is 24.2 Å². The topological polar surface area (TPSA) is 65.0 Å². The van der Waals surface area contributed by atoms with Gasteiger partial charge in [0.1, 0.15) is 0 Å². The van der Waals surface area contributed by atoms with E-state index in [2.05, 4.69) is 14.5 Å². The minimum absolute atomic E-state index is 0.845. The predicted octanol–water partition coefficient (Wildman–Crippen LogP) is 1.09. The van der Waals surface area contributed by atoms with Gasteiger partial charge in [-0.1, -0.05) is 0 Å². The molecule has 0 amide bonds. The normalized spacial score (nSPS) is 23.4. The molecule has 1 heterocycles. The Morgan fingerprint density at radius 2 is 1.72 bits per heavy atom. The van der Waals surface area contributed by atoms with Gasteiger partial charge in [0.05, 0.1) is 6.54 Å². The second kappa shape index (κ2) is 4.25. The summed E-state index contributed by atoms with van der Waals surface area (Å²) < 4.78 is 81.0. The van der Waals surface area contributed by atoms with Crippen LogP contribution in [0.3, 0.4) is 0 Å². The molecule has 1 saturated heterocycles. The van der Waals surface area contributed by atoms with Gasteiger partial charge in [0.15, 0.2) is 6.10 Å². The number of aliphatic imine (C=N–C) groups is 1. The first kappa shape index (κ1) is 14.5. The van der Waals surface area contributed by atoms with E-state index in [0.29, 0.717) is 0 Å². The van der Waals surface area contributed by atoms with Gasteiger partial charge >= 0.3 is 24.1 Å². The fourth-order valence-corrected chi connectivity index (χ4v) is 1.12. The quantitative estimate of drug-likeness (QED) is 0.328. The number of ether oxygens (including phenoxy) is 2. The summed E-state index contributed by atoms with van der Waals surface area (Å²) in [6, 6.07) is 0. The zero-order valence-electron chi connectivity index (χ0n) is 8.13. The second-order valence-electron chi connectivity index (χ2n) is 3.07. The number of alkyl halides is 6. The highest BCUT2D eigenvalue weighted by atomic mass is 19.4. The first-order valence-electron chi connectivity index (χ1n) is 4.13. The number of hydrogen-bond donors (Lipinski definition) is 0. The van der Waals surface area contributed by atoms with Crippen molar-refractivity contribution in [3.8, 4) is 0 Å². The molecule has 0 aliphatic carbocycles. The molecule has 1 aliphatic heterocycles. The summed E-state index contributed by atoms with van der Waals surface area (Å²) >= 11 is 0. The van der Waals surface area contributed by atoms with E-state index >= 15 is 0 Å². The number of carbonyl (C=O) groups is 1. The maximum atomic E-state index is 12.4. The van der Waals surface area contributed by atoms with Gasteiger partial charge in [-0.25, -0.2) is 14.6 Å². The Morgan fingerprint density at radius 3 is 2.06 bits per heavy atom. The number of cyclic esters (lactones) is 1. The Labute approximate surface area is 94.4 Å². The van der Waals surface area contributed by atoms with Crippen LogP contribution in [0.2, 0.25) is 0 Å². The monoisotopic (exact) mass is 279 g/mol. The van der Waals surface area contributed by atoms with Gasteiger partial charge in [-0.05, 0) is 0 Å². The molecule has 1 aliphatic rings. The average Bonchev–Trinajstić information content (AvgIpc) is 2.52. The summed E-state index contributed by atoms with van der Waals surface area (Å²) in [5, 5.41) is 0. The van der Waals surface area contributed by atoms with E-state index in [9.17, 15) is 35.9 Å². The molecule has 0 aromatic heterocycles. The van der Waals surface area contributed by atoms with Crippen LogP contribution in [-0.2, 0) is 19.1 Å². The van der Waals surface area contributed by atoms with E-state index in [1.165, 1.54) is 0 Å². The zero-order chi connectivity index (χ0) is 14.2. The molecule has 0 aromatic carbocycles. The molecule has 0 aromatic rings. The largest absolute Gasteiger partial charge is 0.465 e. The first-order valence-corrected chi connectivity index (χ1v) is 4.13. The SMILES string of the molecule is O=C=NC[C@H]1OC(C(F)(F)F)(C(F)(F)F)OC1=O. The number of esters is 1. The minimum Gasteiger partial charge on any atom is -0.414 e. The van der Waals surface area contributed by atoms with E-state index in [0.717, 1.165) is 6.08 Å². The molecule has 1 fully saturated rings. The molecule has 0 N–H and O–H groups in total. The van der Waals surface area contributed by atoms with Crippen molar-refractivity contribution in [1.82, 2.24) is 0 Å². The fourth-order valence-electron chi connectivity index (χ4n) is 1.12. The van der Waals surface area contributed by atoms with Crippen LogP contribution in [0.15, 0.2) is 4.99 Å². The van der Waals surface area contributed by atoms with E-state index in [-0.39, 0.29) is 0 Å². The summed E-state index contributed by atoms with van der Waals surface area (Å²) in [5.41, 5.74) is 0. The maximum absolute atomic E-state index is 12.4. The van der Waals surface area contributed by atoms with Crippen molar-refractivity contribution in [3.05, 3.63) is 0 Å². The lowest BCUT2D eigenvalue weighted by atomic mass is 10.2. The van der Waals surface area contributed by atoms with Gasteiger partial charge in [0.2, 0.25) is 6.08 Å². The van der Waals surface area contributed by atoms with Crippen LogP contribution in [0.4, 0.5) is 26.3 Å². The molecule has 0 radical (unpaired) electrons. The molecule has 102 valence electrons. The Bertz CT molecular complexity index is 382. The summed E-state index contributed by atoms with van der Waals surface area (Å²) in [6.45, 7) is -1.05. The Hall–Kier alpha value is -1.61. The Morgan fingerprint density at radius 1 is 1.22 bits per heavy atom. The smallest absolute Gasteiger partial charge is 0.414 e. The predicted molar refractivity (Wildman–Crippen MR) is 38.8 cm³/mol. The number of halogens is 6. The van der Waals surface area contributed by atoms with Crippen molar-refractivity contribution in [1.29, 1.82) is 0 Å². The van der Waals surface area contributed by atoms with Crippen molar-refractivity contribution in [2.75, 3.05) is 6.54 Å². The van der Waals surface area contributed by atoms with Crippen molar-refractivity contribution in [3.63, 3.8) is 0 Å². The highest BCUT2D eigenvalue weighted by molar-refractivity contribution is 5.77. The number of nitrogens with zero attached hydrogens (tertiary/aromatic N) is 1. The molecule has 5 nitrogen and oxygen atoms in total. The van der Waals surface area contributed by atoms with Gasteiger partial charge in [-0.2, -0.15) is 26.3 Å². The number of isocyanates is 1. The van der Waals surface area contributed by atoms with E-state index in [1.54, 1.807) is 0 Å². The lowest BCUT2D eigenvalue weighted by Crippen LogP contribution is -2.58. The van der Waals surface area contributed by atoms with Crippen LogP contribution >= 0.6 is 0 Å². The summed E-state index contributed by atoms with van der Waals surface area (Å²) in [4.78, 5) is 23.2. The number of hydrogen-bond acceptors (Lipinski definition) is 5. The molecular formula is C7H3F6NO4. The Balaban J connectivity index is 3.12. The highest BCUT2D eigenvalue weighted by Crippen LogP contribution is 2.50. The fraction of sp³-hybridized carbons (Fsp3) is 0.714. The molecule has 0 unspecified atom stereocenters. The van der Waals surface area contributed by atoms with Gasteiger partial charge in [0.25, 0.3) is 0 Å². The van der Waals surface area contributed by atoms with Gasteiger partial charge < -0.3 is 9.47 Å². The maximum Gasteiger partial charge on any atom is 0.465 e. The molecule has 0 bridgehead atoms. The summed E-state index contributed by atoms with van der Waals surface area (Å²) in [5.74, 6) is -6.94. The van der Waals surface area contributed by atoms with Crippen LogP contribution < -0.4 is 0 Å². The van der Waals surface area contributed by atoms with E-state index < -0.39 is 36.8 Å². The van der Waals surface area contributed by atoms with Crippen LogP contribution in [-0.4, -0.2) is 42.8 Å². The Kier molecular flexibility index (Phi) is 3.41. The molecule has 11 heteroatoms. The molecule has 0 spiro atoms. The van der Waals surface area contributed by atoms with Crippen molar-refractivity contribution in [2.24, 2.45) is 4.99 Å². The minimum atomic E-state index is -6.01. The third-order valence-electron chi connectivity index (χ3n) is 1.88. The highest BCUT2D eigenvalue weighted by Gasteiger charge is 2.80. The van der Waals surface area contributed by atoms with Gasteiger partial charge in [0, 0.05) is 0 Å². The lowest BCUT2D eigenvalue weighted by Gasteiger charge is -2.30. The van der Waals surface area contributed by atoms with E-state index in [1.807, 2.05) is 0 Å². The van der Waals surface area contributed by atoms with Gasteiger partial charge in [-0.15, -0.1) is 0 Å². The first-order chi connectivity index (χ1) is 8.05. The molecular weight excluding hydrogens is 276 g/mol. The molecule has 0 saturated carbocycles. The van der Waals surface area contributed by atoms with Crippen LogP contribution in [0, 0.1) is 0 Å². The zero-order valence-corrected chi connectivity index (χ0v) is 8.13.